The topological polar surface area (TPSA) is 27.7 Å². The van der Waals surface area contributed by atoms with Gasteiger partial charge in [0, 0.05) is 38.3 Å². The van der Waals surface area contributed by atoms with Crippen LogP contribution in [0.15, 0.2) is 0 Å². The van der Waals surface area contributed by atoms with E-state index in [2.05, 4.69) is 49.9 Å². The minimum Gasteiger partial charge on any atom is -0.372 e. The van der Waals surface area contributed by atoms with Crippen molar-refractivity contribution in [3.63, 3.8) is 0 Å². The van der Waals surface area contributed by atoms with Gasteiger partial charge in [-0.2, -0.15) is 0 Å². The zero-order valence-corrected chi connectivity index (χ0v) is 14.6. The van der Waals surface area contributed by atoms with Gasteiger partial charge in [-0.3, -0.25) is 9.80 Å². The Balaban J connectivity index is 1.68. The summed E-state index contributed by atoms with van der Waals surface area (Å²) in [5.74, 6) is 0.718. The molecule has 0 amide bonds. The molecule has 0 saturated carbocycles. The first-order valence-electron chi connectivity index (χ1n) is 8.76. The first-order valence-corrected chi connectivity index (χ1v) is 8.76. The van der Waals surface area contributed by atoms with Crippen LogP contribution in [0.25, 0.3) is 0 Å². The summed E-state index contributed by atoms with van der Waals surface area (Å²) in [4.78, 5) is 5.09. The second kappa shape index (κ2) is 7.91. The fourth-order valence-electron chi connectivity index (χ4n) is 3.55. The smallest absolute Gasteiger partial charge is 0.0707 e. The van der Waals surface area contributed by atoms with Crippen molar-refractivity contribution < 1.29 is 4.74 Å². The number of rotatable bonds is 6. The highest BCUT2D eigenvalue weighted by Gasteiger charge is 2.31. The molecule has 0 aromatic heterocycles. The van der Waals surface area contributed by atoms with Crippen LogP contribution < -0.4 is 5.32 Å². The Bertz CT molecular complexity index is 298. The zero-order valence-electron chi connectivity index (χ0n) is 14.6. The summed E-state index contributed by atoms with van der Waals surface area (Å²) in [7, 11) is 2.25. The summed E-state index contributed by atoms with van der Waals surface area (Å²) in [6.07, 6.45) is 3.31. The summed E-state index contributed by atoms with van der Waals surface area (Å²) < 4.78 is 6.23. The van der Waals surface area contributed by atoms with Crippen molar-refractivity contribution in [2.24, 2.45) is 5.92 Å². The molecule has 0 aromatic rings. The standard InChI is InChI=1S/C17H35N3O/c1-13(2)8-18-9-16-6-7-17(21-16)12-20-10-14(3)19(5)15(4)11-20/h13-18H,6-12H2,1-5H3. The number of likely N-dealkylation sites (N-methyl/N-ethyl adjacent to an activating group) is 1. The third-order valence-electron chi connectivity index (χ3n) is 5.02. The van der Waals surface area contributed by atoms with Gasteiger partial charge in [0.15, 0.2) is 0 Å². The van der Waals surface area contributed by atoms with E-state index < -0.39 is 0 Å². The quantitative estimate of drug-likeness (QED) is 0.809. The lowest BCUT2D eigenvalue weighted by Crippen LogP contribution is -2.56. The lowest BCUT2D eigenvalue weighted by Gasteiger charge is -2.43. The van der Waals surface area contributed by atoms with Crippen LogP contribution in [0.3, 0.4) is 0 Å². The van der Waals surface area contributed by atoms with E-state index in [1.807, 2.05) is 0 Å². The average Bonchev–Trinajstić information content (AvgIpc) is 2.83. The summed E-state index contributed by atoms with van der Waals surface area (Å²) in [5, 5.41) is 3.53. The second-order valence-electron chi connectivity index (χ2n) is 7.59. The van der Waals surface area contributed by atoms with Gasteiger partial charge in [0.2, 0.25) is 0 Å². The van der Waals surface area contributed by atoms with E-state index in [0.29, 0.717) is 24.3 Å². The Morgan fingerprint density at radius 3 is 2.33 bits per heavy atom. The third kappa shape index (κ3) is 5.20. The summed E-state index contributed by atoms with van der Waals surface area (Å²) >= 11 is 0. The van der Waals surface area contributed by atoms with Crippen molar-refractivity contribution in [3.05, 3.63) is 0 Å². The molecule has 4 unspecified atom stereocenters. The fourth-order valence-corrected chi connectivity index (χ4v) is 3.55. The molecule has 1 N–H and O–H groups in total. The summed E-state index contributed by atoms with van der Waals surface area (Å²) in [5.41, 5.74) is 0. The average molecular weight is 297 g/mol. The van der Waals surface area contributed by atoms with Gasteiger partial charge in [-0.15, -0.1) is 0 Å². The van der Waals surface area contributed by atoms with E-state index in [1.54, 1.807) is 0 Å². The first-order chi connectivity index (χ1) is 9.95. The third-order valence-corrected chi connectivity index (χ3v) is 5.02. The molecule has 0 aromatic carbocycles. The largest absolute Gasteiger partial charge is 0.372 e. The number of hydrogen-bond acceptors (Lipinski definition) is 4. The Labute approximate surface area is 131 Å². The molecule has 21 heavy (non-hydrogen) atoms. The highest BCUT2D eigenvalue weighted by atomic mass is 16.5. The summed E-state index contributed by atoms with van der Waals surface area (Å²) in [6.45, 7) is 14.7. The molecule has 4 atom stereocenters. The maximum atomic E-state index is 6.23. The predicted molar refractivity (Wildman–Crippen MR) is 88.7 cm³/mol. The SMILES string of the molecule is CC(C)CNCC1CCC(CN2CC(C)N(C)C(C)C2)O1. The zero-order chi connectivity index (χ0) is 15.4. The Hall–Kier alpha value is -0.160. The van der Waals surface area contributed by atoms with Gasteiger partial charge in [-0.25, -0.2) is 0 Å². The molecule has 4 nitrogen and oxygen atoms in total. The molecule has 0 spiro atoms. The molecule has 2 aliphatic heterocycles. The van der Waals surface area contributed by atoms with Crippen LogP contribution in [0.4, 0.5) is 0 Å². The molecule has 0 bridgehead atoms. The lowest BCUT2D eigenvalue weighted by molar-refractivity contribution is -0.00489. The van der Waals surface area contributed by atoms with Crippen molar-refractivity contribution in [1.29, 1.82) is 0 Å². The van der Waals surface area contributed by atoms with Gasteiger partial charge >= 0.3 is 0 Å². The summed E-state index contributed by atoms with van der Waals surface area (Å²) in [6, 6.07) is 1.30. The minimum absolute atomic E-state index is 0.427. The number of ether oxygens (including phenoxy) is 1. The number of piperazine rings is 1. The first kappa shape index (κ1) is 17.2. The predicted octanol–water partition coefficient (Wildman–Crippen LogP) is 1.80. The minimum atomic E-state index is 0.427. The van der Waals surface area contributed by atoms with Gasteiger partial charge < -0.3 is 10.1 Å². The highest BCUT2D eigenvalue weighted by molar-refractivity contribution is 4.86. The molecule has 124 valence electrons. The molecule has 2 rings (SSSR count). The van der Waals surface area contributed by atoms with E-state index in [1.165, 1.54) is 25.9 Å². The van der Waals surface area contributed by atoms with Crippen LogP contribution in [0, 0.1) is 5.92 Å². The molecule has 2 heterocycles. The van der Waals surface area contributed by atoms with Gasteiger partial charge in [0.25, 0.3) is 0 Å². The molecular weight excluding hydrogens is 262 g/mol. The maximum Gasteiger partial charge on any atom is 0.0707 e. The van der Waals surface area contributed by atoms with Gasteiger partial charge in [-0.05, 0) is 46.2 Å². The van der Waals surface area contributed by atoms with Gasteiger partial charge in [0.05, 0.1) is 12.2 Å². The van der Waals surface area contributed by atoms with Crippen LogP contribution >= 0.6 is 0 Å². The van der Waals surface area contributed by atoms with Crippen molar-refractivity contribution in [1.82, 2.24) is 15.1 Å². The monoisotopic (exact) mass is 297 g/mol. The highest BCUT2D eigenvalue weighted by Crippen LogP contribution is 2.22. The van der Waals surface area contributed by atoms with Crippen molar-refractivity contribution in [2.75, 3.05) is 39.8 Å². The normalized spacial score (nSPS) is 35.7. The number of nitrogens with zero attached hydrogens (tertiary/aromatic N) is 2. The van der Waals surface area contributed by atoms with Crippen molar-refractivity contribution in [3.8, 4) is 0 Å². The van der Waals surface area contributed by atoms with Crippen molar-refractivity contribution >= 4 is 0 Å². The number of nitrogens with one attached hydrogen (secondary N) is 1. The Morgan fingerprint density at radius 2 is 1.71 bits per heavy atom. The van der Waals surface area contributed by atoms with Gasteiger partial charge in [-0.1, -0.05) is 13.8 Å². The van der Waals surface area contributed by atoms with E-state index >= 15 is 0 Å². The lowest BCUT2D eigenvalue weighted by atomic mass is 10.1. The van der Waals surface area contributed by atoms with E-state index in [-0.39, 0.29) is 0 Å². The molecule has 2 fully saturated rings. The molecular formula is C17H35N3O. The van der Waals surface area contributed by atoms with Crippen molar-refractivity contribution in [2.45, 2.75) is 64.8 Å². The molecule has 2 saturated heterocycles. The van der Waals surface area contributed by atoms with Gasteiger partial charge in [0.1, 0.15) is 0 Å². The van der Waals surface area contributed by atoms with E-state index in [9.17, 15) is 0 Å². The van der Waals surface area contributed by atoms with Crippen LogP contribution in [-0.2, 0) is 4.74 Å². The van der Waals surface area contributed by atoms with Crippen LogP contribution in [-0.4, -0.2) is 73.9 Å². The van der Waals surface area contributed by atoms with E-state index in [4.69, 9.17) is 4.74 Å². The Morgan fingerprint density at radius 1 is 1.10 bits per heavy atom. The molecule has 4 heteroatoms. The number of hydrogen-bond donors (Lipinski definition) is 1. The molecule has 2 aliphatic rings. The molecule has 0 radical (unpaired) electrons. The van der Waals surface area contributed by atoms with Crippen LogP contribution in [0.5, 0.6) is 0 Å². The van der Waals surface area contributed by atoms with Crippen LogP contribution in [0.1, 0.15) is 40.5 Å². The fraction of sp³-hybridized carbons (Fsp3) is 1.00. The maximum absolute atomic E-state index is 6.23. The van der Waals surface area contributed by atoms with Crippen LogP contribution in [0.2, 0.25) is 0 Å². The molecule has 0 aliphatic carbocycles. The van der Waals surface area contributed by atoms with E-state index in [0.717, 1.165) is 25.6 Å². The Kier molecular flexibility index (Phi) is 6.48. The second-order valence-corrected chi connectivity index (χ2v) is 7.59.